The summed E-state index contributed by atoms with van der Waals surface area (Å²) >= 11 is 0. The number of nitrogens with zero attached hydrogens (tertiary/aromatic N) is 2. The lowest BCUT2D eigenvalue weighted by molar-refractivity contribution is 0.102. The summed E-state index contributed by atoms with van der Waals surface area (Å²) in [6, 6.07) is 11.4. The first kappa shape index (κ1) is 14.1. The normalized spacial score (nSPS) is 28.4. The van der Waals surface area contributed by atoms with Gasteiger partial charge in [0, 0.05) is 31.2 Å². The number of fused-ring (bicyclic) bond motifs is 1. The summed E-state index contributed by atoms with van der Waals surface area (Å²) < 4.78 is 0. The number of piperazine rings is 1. The zero-order chi connectivity index (χ0) is 14.3. The van der Waals surface area contributed by atoms with E-state index < -0.39 is 0 Å². The summed E-state index contributed by atoms with van der Waals surface area (Å²) in [5.74, 6) is 0.618. The number of hydrogen-bond acceptors (Lipinski definition) is 2. The van der Waals surface area contributed by atoms with E-state index >= 15 is 0 Å². The van der Waals surface area contributed by atoms with Gasteiger partial charge in [0.25, 0.3) is 0 Å². The molecule has 2 aliphatic rings. The molecule has 0 aromatic heterocycles. The molecular formula is C18H28N2. The van der Waals surface area contributed by atoms with Crippen molar-refractivity contribution in [1.82, 2.24) is 9.80 Å². The van der Waals surface area contributed by atoms with Crippen LogP contribution in [-0.4, -0.2) is 41.5 Å². The molecule has 3 atom stereocenters. The topological polar surface area (TPSA) is 6.48 Å². The molecule has 0 spiro atoms. The molecule has 2 nitrogen and oxygen atoms in total. The van der Waals surface area contributed by atoms with Crippen molar-refractivity contribution in [3.8, 4) is 0 Å². The van der Waals surface area contributed by atoms with Crippen LogP contribution in [0.15, 0.2) is 24.3 Å². The number of benzene rings is 1. The maximum Gasteiger partial charge on any atom is 0.0324 e. The molecule has 0 N–H and O–H groups in total. The van der Waals surface area contributed by atoms with Gasteiger partial charge in [-0.3, -0.25) is 9.80 Å². The average Bonchev–Trinajstić information content (AvgIpc) is 3.26. The van der Waals surface area contributed by atoms with Gasteiger partial charge >= 0.3 is 0 Å². The molecule has 3 unspecified atom stereocenters. The van der Waals surface area contributed by atoms with Crippen molar-refractivity contribution in [1.29, 1.82) is 0 Å². The SMILES string of the molecule is CCN1CCN(C(C)c2cccc(C(C)C)c2)C2CC21. The summed E-state index contributed by atoms with van der Waals surface area (Å²) in [6.45, 7) is 12.9. The Kier molecular flexibility index (Phi) is 3.87. The Morgan fingerprint density at radius 1 is 1.10 bits per heavy atom. The fourth-order valence-electron chi connectivity index (χ4n) is 3.74. The maximum absolute atomic E-state index is 2.73. The summed E-state index contributed by atoms with van der Waals surface area (Å²) in [5, 5.41) is 0. The van der Waals surface area contributed by atoms with Crippen LogP contribution >= 0.6 is 0 Å². The van der Waals surface area contributed by atoms with E-state index in [-0.39, 0.29) is 0 Å². The van der Waals surface area contributed by atoms with Gasteiger partial charge < -0.3 is 0 Å². The lowest BCUT2D eigenvalue weighted by Crippen LogP contribution is -2.46. The van der Waals surface area contributed by atoms with Crippen LogP contribution < -0.4 is 0 Å². The molecule has 2 heteroatoms. The second-order valence-corrected chi connectivity index (χ2v) is 6.74. The largest absolute Gasteiger partial charge is 0.298 e. The molecule has 0 amide bonds. The molecule has 1 heterocycles. The van der Waals surface area contributed by atoms with Crippen molar-refractivity contribution in [2.24, 2.45) is 0 Å². The fourth-order valence-corrected chi connectivity index (χ4v) is 3.74. The number of likely N-dealkylation sites (N-methyl/N-ethyl adjacent to an activating group) is 1. The molecule has 1 aromatic carbocycles. The number of hydrogen-bond donors (Lipinski definition) is 0. The average molecular weight is 272 g/mol. The summed E-state index contributed by atoms with van der Waals surface area (Å²) in [7, 11) is 0. The highest BCUT2D eigenvalue weighted by Crippen LogP contribution is 2.41. The van der Waals surface area contributed by atoms with Gasteiger partial charge in [-0.05, 0) is 36.9 Å². The first-order valence-electron chi connectivity index (χ1n) is 8.21. The highest BCUT2D eigenvalue weighted by Gasteiger charge is 2.49. The van der Waals surface area contributed by atoms with E-state index in [2.05, 4.69) is 61.8 Å². The molecular weight excluding hydrogens is 244 g/mol. The third-order valence-electron chi connectivity index (χ3n) is 5.23. The van der Waals surface area contributed by atoms with Gasteiger partial charge in [0.15, 0.2) is 0 Å². The highest BCUT2D eigenvalue weighted by molar-refractivity contribution is 5.28. The van der Waals surface area contributed by atoms with Crippen LogP contribution in [0.1, 0.15) is 57.2 Å². The maximum atomic E-state index is 2.73. The molecule has 1 saturated heterocycles. The molecule has 1 saturated carbocycles. The third-order valence-corrected chi connectivity index (χ3v) is 5.23. The lowest BCUT2D eigenvalue weighted by atomic mass is 9.97. The Hall–Kier alpha value is -0.860. The van der Waals surface area contributed by atoms with Crippen LogP contribution in [0.25, 0.3) is 0 Å². The van der Waals surface area contributed by atoms with Crippen LogP contribution in [0, 0.1) is 0 Å². The number of rotatable bonds is 4. The molecule has 110 valence electrons. The van der Waals surface area contributed by atoms with E-state index in [4.69, 9.17) is 0 Å². The summed E-state index contributed by atoms with van der Waals surface area (Å²) in [6.07, 6.45) is 1.38. The summed E-state index contributed by atoms with van der Waals surface area (Å²) in [4.78, 5) is 5.38. The van der Waals surface area contributed by atoms with E-state index in [0.29, 0.717) is 12.0 Å². The van der Waals surface area contributed by atoms with Crippen molar-refractivity contribution < 1.29 is 0 Å². The quantitative estimate of drug-likeness (QED) is 0.825. The molecule has 0 bridgehead atoms. The van der Waals surface area contributed by atoms with E-state index in [1.165, 1.54) is 37.2 Å². The van der Waals surface area contributed by atoms with Crippen molar-refractivity contribution in [3.63, 3.8) is 0 Å². The standard InChI is InChI=1S/C18H28N2/c1-5-19-9-10-20(18-12-17(18)19)14(4)16-8-6-7-15(11-16)13(2)3/h6-8,11,13-14,17-18H,5,9-10,12H2,1-4H3. The van der Waals surface area contributed by atoms with Gasteiger partial charge in [0.2, 0.25) is 0 Å². The van der Waals surface area contributed by atoms with Crippen LogP contribution in [0.2, 0.25) is 0 Å². The second kappa shape index (κ2) is 5.50. The van der Waals surface area contributed by atoms with Crippen LogP contribution in [-0.2, 0) is 0 Å². The molecule has 1 aliphatic carbocycles. The van der Waals surface area contributed by atoms with Crippen molar-refractivity contribution in [3.05, 3.63) is 35.4 Å². The Morgan fingerprint density at radius 3 is 2.55 bits per heavy atom. The van der Waals surface area contributed by atoms with E-state index in [0.717, 1.165) is 12.1 Å². The first-order valence-corrected chi connectivity index (χ1v) is 8.21. The van der Waals surface area contributed by atoms with Crippen LogP contribution in [0.4, 0.5) is 0 Å². The van der Waals surface area contributed by atoms with Crippen LogP contribution in [0.3, 0.4) is 0 Å². The van der Waals surface area contributed by atoms with Gasteiger partial charge in [-0.25, -0.2) is 0 Å². The van der Waals surface area contributed by atoms with Gasteiger partial charge in [-0.15, -0.1) is 0 Å². The van der Waals surface area contributed by atoms with E-state index in [1.54, 1.807) is 0 Å². The third kappa shape index (κ3) is 2.51. The smallest absolute Gasteiger partial charge is 0.0324 e. The Bertz CT molecular complexity index is 468. The molecule has 20 heavy (non-hydrogen) atoms. The minimum absolute atomic E-state index is 0.558. The van der Waals surface area contributed by atoms with Crippen molar-refractivity contribution >= 4 is 0 Å². The van der Waals surface area contributed by atoms with Crippen LogP contribution in [0.5, 0.6) is 0 Å². The minimum atomic E-state index is 0.558. The van der Waals surface area contributed by atoms with E-state index in [9.17, 15) is 0 Å². The van der Waals surface area contributed by atoms with Gasteiger partial charge in [0.1, 0.15) is 0 Å². The van der Waals surface area contributed by atoms with Gasteiger partial charge in [0.05, 0.1) is 0 Å². The molecule has 1 aromatic rings. The fraction of sp³-hybridized carbons (Fsp3) is 0.667. The zero-order valence-electron chi connectivity index (χ0n) is 13.3. The second-order valence-electron chi connectivity index (χ2n) is 6.74. The van der Waals surface area contributed by atoms with Gasteiger partial charge in [-0.2, -0.15) is 0 Å². The zero-order valence-corrected chi connectivity index (χ0v) is 13.3. The van der Waals surface area contributed by atoms with Crippen molar-refractivity contribution in [2.75, 3.05) is 19.6 Å². The minimum Gasteiger partial charge on any atom is -0.298 e. The molecule has 0 radical (unpaired) electrons. The lowest BCUT2D eigenvalue weighted by Gasteiger charge is -2.37. The summed E-state index contributed by atoms with van der Waals surface area (Å²) in [5.41, 5.74) is 2.96. The predicted molar refractivity (Wildman–Crippen MR) is 85.1 cm³/mol. The first-order chi connectivity index (χ1) is 9.61. The Balaban J connectivity index is 1.74. The van der Waals surface area contributed by atoms with Gasteiger partial charge in [-0.1, -0.05) is 45.0 Å². The Morgan fingerprint density at radius 2 is 1.85 bits per heavy atom. The highest BCUT2D eigenvalue weighted by atomic mass is 15.4. The van der Waals surface area contributed by atoms with E-state index in [1.807, 2.05) is 0 Å². The molecule has 1 aliphatic heterocycles. The predicted octanol–water partition coefficient (Wildman–Crippen LogP) is 3.65. The Labute approximate surface area is 123 Å². The molecule has 2 fully saturated rings. The monoisotopic (exact) mass is 272 g/mol. The molecule has 3 rings (SSSR count). The van der Waals surface area contributed by atoms with Crippen molar-refractivity contribution in [2.45, 2.75) is 58.2 Å².